The van der Waals surface area contributed by atoms with Gasteiger partial charge in [0.1, 0.15) is 0 Å². The summed E-state index contributed by atoms with van der Waals surface area (Å²) in [6.45, 7) is 5.51. The van der Waals surface area contributed by atoms with E-state index in [1.54, 1.807) is 0 Å². The number of hydrogen-bond acceptors (Lipinski definition) is 3. The van der Waals surface area contributed by atoms with E-state index < -0.39 is 0 Å². The van der Waals surface area contributed by atoms with Gasteiger partial charge in [-0.25, -0.2) is 0 Å². The average Bonchev–Trinajstić information content (AvgIpc) is 2.89. The molecule has 0 bridgehead atoms. The molecule has 3 fully saturated rings. The van der Waals surface area contributed by atoms with Crippen molar-refractivity contribution in [1.82, 2.24) is 15.5 Å². The average molecular weight is 308 g/mol. The normalized spacial score (nSPS) is 30.7. The molecule has 6 heteroatoms. The number of amides is 1. The number of rotatable bonds is 2. The van der Waals surface area contributed by atoms with Crippen molar-refractivity contribution >= 4 is 11.9 Å². The van der Waals surface area contributed by atoms with Gasteiger partial charge in [-0.1, -0.05) is 0 Å². The summed E-state index contributed by atoms with van der Waals surface area (Å²) < 4.78 is 5.42. The van der Waals surface area contributed by atoms with Crippen LogP contribution in [0.3, 0.4) is 0 Å². The summed E-state index contributed by atoms with van der Waals surface area (Å²) in [6, 6.07) is 0. The number of carbonyl (C=O) groups excluding carboxylic acids is 1. The van der Waals surface area contributed by atoms with Crippen LogP contribution >= 0.6 is 0 Å². The lowest BCUT2D eigenvalue weighted by Crippen LogP contribution is -2.52. The molecule has 0 aromatic heterocycles. The number of piperidine rings is 1. The summed E-state index contributed by atoms with van der Waals surface area (Å²) in [5.41, 5.74) is 0.117. The second-order valence-electron chi connectivity index (χ2n) is 6.96. The number of guanidine groups is 1. The van der Waals surface area contributed by atoms with Crippen molar-refractivity contribution in [2.75, 3.05) is 46.4 Å². The molecule has 1 amide bonds. The Kier molecular flexibility index (Phi) is 4.86. The molecule has 1 atom stereocenters. The van der Waals surface area contributed by atoms with Gasteiger partial charge >= 0.3 is 0 Å². The van der Waals surface area contributed by atoms with Gasteiger partial charge in [0.05, 0.1) is 0 Å². The Balaban J connectivity index is 1.55. The molecule has 22 heavy (non-hydrogen) atoms. The van der Waals surface area contributed by atoms with Gasteiger partial charge in [0, 0.05) is 58.3 Å². The first-order valence-electron chi connectivity index (χ1n) is 8.51. The van der Waals surface area contributed by atoms with Gasteiger partial charge in [-0.3, -0.25) is 9.79 Å². The van der Waals surface area contributed by atoms with E-state index in [0.29, 0.717) is 12.3 Å². The van der Waals surface area contributed by atoms with Crippen LogP contribution < -0.4 is 10.6 Å². The number of carbonyl (C=O) groups is 1. The molecule has 3 saturated heterocycles. The molecule has 0 aromatic carbocycles. The summed E-state index contributed by atoms with van der Waals surface area (Å²) in [7, 11) is 1.85. The number of nitrogens with zero attached hydrogens (tertiary/aromatic N) is 2. The van der Waals surface area contributed by atoms with Crippen LogP contribution in [0.1, 0.15) is 32.1 Å². The van der Waals surface area contributed by atoms with Crippen LogP contribution in [-0.4, -0.2) is 63.2 Å². The van der Waals surface area contributed by atoms with Gasteiger partial charge < -0.3 is 20.3 Å². The molecular formula is C16H28N4O2. The Morgan fingerprint density at radius 2 is 2.32 bits per heavy atom. The minimum absolute atomic E-state index is 0.117. The highest BCUT2D eigenvalue weighted by atomic mass is 16.5. The van der Waals surface area contributed by atoms with Crippen LogP contribution in [0.4, 0.5) is 0 Å². The first kappa shape index (κ1) is 15.6. The third-order valence-electron chi connectivity index (χ3n) is 5.26. The number of ether oxygens (including phenoxy) is 1. The van der Waals surface area contributed by atoms with E-state index in [-0.39, 0.29) is 11.3 Å². The topological polar surface area (TPSA) is 66.0 Å². The van der Waals surface area contributed by atoms with Crippen molar-refractivity contribution in [2.45, 2.75) is 32.1 Å². The van der Waals surface area contributed by atoms with Crippen LogP contribution in [0.25, 0.3) is 0 Å². The Morgan fingerprint density at radius 3 is 3.00 bits per heavy atom. The third kappa shape index (κ3) is 3.54. The Hall–Kier alpha value is -1.30. The van der Waals surface area contributed by atoms with Crippen LogP contribution in [0.15, 0.2) is 4.99 Å². The second-order valence-corrected chi connectivity index (χ2v) is 6.96. The quantitative estimate of drug-likeness (QED) is 0.579. The van der Waals surface area contributed by atoms with Gasteiger partial charge in [0.15, 0.2) is 5.96 Å². The minimum atomic E-state index is 0.117. The highest BCUT2D eigenvalue weighted by Gasteiger charge is 2.42. The second kappa shape index (κ2) is 6.86. The fraction of sp³-hybridized carbons (Fsp3) is 0.875. The molecule has 1 spiro atoms. The van der Waals surface area contributed by atoms with E-state index in [1.807, 2.05) is 7.05 Å². The van der Waals surface area contributed by atoms with E-state index >= 15 is 0 Å². The summed E-state index contributed by atoms with van der Waals surface area (Å²) in [4.78, 5) is 18.4. The monoisotopic (exact) mass is 308 g/mol. The number of nitrogens with one attached hydrogen (secondary N) is 2. The minimum Gasteiger partial charge on any atom is -0.381 e. The first-order chi connectivity index (χ1) is 10.7. The van der Waals surface area contributed by atoms with E-state index in [0.717, 1.165) is 71.0 Å². The summed E-state index contributed by atoms with van der Waals surface area (Å²) in [6.07, 6.45) is 5.20. The molecule has 3 rings (SSSR count). The first-order valence-corrected chi connectivity index (χ1v) is 8.51. The predicted molar refractivity (Wildman–Crippen MR) is 85.8 cm³/mol. The fourth-order valence-electron chi connectivity index (χ4n) is 3.95. The molecule has 2 N–H and O–H groups in total. The summed E-state index contributed by atoms with van der Waals surface area (Å²) in [5, 5.41) is 6.54. The Bertz CT molecular complexity index is 434. The molecule has 124 valence electrons. The van der Waals surface area contributed by atoms with E-state index in [4.69, 9.17) is 4.74 Å². The van der Waals surface area contributed by atoms with Gasteiger partial charge in [-0.15, -0.1) is 0 Å². The fourth-order valence-corrected chi connectivity index (χ4v) is 3.95. The van der Waals surface area contributed by atoms with Crippen LogP contribution in [0.5, 0.6) is 0 Å². The van der Waals surface area contributed by atoms with Crippen molar-refractivity contribution in [3.8, 4) is 0 Å². The van der Waals surface area contributed by atoms with Crippen molar-refractivity contribution in [2.24, 2.45) is 16.3 Å². The molecule has 3 aliphatic heterocycles. The van der Waals surface area contributed by atoms with Crippen LogP contribution in [0.2, 0.25) is 0 Å². The summed E-state index contributed by atoms with van der Waals surface area (Å²) in [5.74, 6) is 1.87. The Labute approximate surface area is 132 Å². The molecule has 3 heterocycles. The lowest BCUT2D eigenvalue weighted by Gasteiger charge is -2.41. The van der Waals surface area contributed by atoms with Crippen LogP contribution in [0, 0.1) is 11.3 Å². The standard InChI is InChI=1S/C16H28N4O2/c1-17-15(18-10-13-3-7-22-8-4-13)20-6-2-5-16(12-20)9-14(21)19-11-16/h13H,2-12H2,1H3,(H,17,18)(H,19,21). The zero-order valence-electron chi connectivity index (χ0n) is 13.6. The highest BCUT2D eigenvalue weighted by molar-refractivity contribution is 5.81. The Morgan fingerprint density at radius 1 is 1.50 bits per heavy atom. The maximum absolute atomic E-state index is 11.6. The molecule has 3 aliphatic rings. The third-order valence-corrected chi connectivity index (χ3v) is 5.26. The lowest BCUT2D eigenvalue weighted by atomic mass is 9.79. The van der Waals surface area contributed by atoms with E-state index in [1.165, 1.54) is 0 Å². The van der Waals surface area contributed by atoms with E-state index in [9.17, 15) is 4.79 Å². The molecule has 1 unspecified atom stereocenters. The zero-order chi connectivity index (χ0) is 15.4. The number of hydrogen-bond donors (Lipinski definition) is 2. The predicted octanol–water partition coefficient (Wildman–Crippen LogP) is 0.591. The van der Waals surface area contributed by atoms with Gasteiger partial charge in [0.25, 0.3) is 0 Å². The van der Waals surface area contributed by atoms with Crippen molar-refractivity contribution in [3.63, 3.8) is 0 Å². The lowest BCUT2D eigenvalue weighted by molar-refractivity contribution is -0.119. The molecule has 0 saturated carbocycles. The zero-order valence-corrected chi connectivity index (χ0v) is 13.6. The molecule has 0 aliphatic carbocycles. The molecule has 0 aromatic rings. The number of aliphatic imine (C=N–C) groups is 1. The SMILES string of the molecule is CN=C(NCC1CCOCC1)N1CCCC2(CNC(=O)C2)C1. The van der Waals surface area contributed by atoms with Gasteiger partial charge in [-0.05, 0) is 31.6 Å². The van der Waals surface area contributed by atoms with Crippen LogP contribution in [-0.2, 0) is 9.53 Å². The number of likely N-dealkylation sites (tertiary alicyclic amines) is 1. The molecule has 0 radical (unpaired) electrons. The highest BCUT2D eigenvalue weighted by Crippen LogP contribution is 2.36. The maximum atomic E-state index is 11.6. The largest absolute Gasteiger partial charge is 0.381 e. The smallest absolute Gasteiger partial charge is 0.220 e. The summed E-state index contributed by atoms with van der Waals surface area (Å²) >= 11 is 0. The van der Waals surface area contributed by atoms with Crippen molar-refractivity contribution in [3.05, 3.63) is 0 Å². The molecule has 6 nitrogen and oxygen atoms in total. The van der Waals surface area contributed by atoms with Crippen molar-refractivity contribution < 1.29 is 9.53 Å². The van der Waals surface area contributed by atoms with Gasteiger partial charge in [0.2, 0.25) is 5.91 Å². The van der Waals surface area contributed by atoms with Gasteiger partial charge in [-0.2, -0.15) is 0 Å². The van der Waals surface area contributed by atoms with E-state index in [2.05, 4.69) is 20.5 Å². The van der Waals surface area contributed by atoms with Crippen molar-refractivity contribution in [1.29, 1.82) is 0 Å². The molecular weight excluding hydrogens is 280 g/mol. The maximum Gasteiger partial charge on any atom is 0.220 e.